The van der Waals surface area contributed by atoms with Crippen molar-refractivity contribution in [3.05, 3.63) is 36.0 Å². The van der Waals surface area contributed by atoms with E-state index in [-0.39, 0.29) is 0 Å². The first-order chi connectivity index (χ1) is 11.2. The van der Waals surface area contributed by atoms with Gasteiger partial charge in [0, 0.05) is 24.7 Å². The van der Waals surface area contributed by atoms with Gasteiger partial charge in [-0.05, 0) is 49.5 Å². The standard InChI is InChI=1S/C18H25N3O2/c1-23-17-6-2-5-15-14(7-8-20-18(15)17)16(22)12-21-9-3-4-13(10-19)11-21/h2,5-8,13,16,22H,3-4,9-12,19H2,1H3. The summed E-state index contributed by atoms with van der Waals surface area (Å²) in [4.78, 5) is 6.72. The molecule has 1 aliphatic rings. The number of para-hydroxylation sites is 1. The van der Waals surface area contributed by atoms with Crippen molar-refractivity contribution in [2.45, 2.75) is 18.9 Å². The zero-order chi connectivity index (χ0) is 16.2. The molecule has 3 N–H and O–H groups in total. The van der Waals surface area contributed by atoms with Crippen LogP contribution in [0.4, 0.5) is 0 Å². The number of nitrogens with zero attached hydrogens (tertiary/aromatic N) is 2. The van der Waals surface area contributed by atoms with E-state index in [0.29, 0.717) is 12.5 Å². The second-order valence-corrected chi connectivity index (χ2v) is 6.28. The molecule has 0 radical (unpaired) electrons. The van der Waals surface area contributed by atoms with Gasteiger partial charge in [0.25, 0.3) is 0 Å². The quantitative estimate of drug-likeness (QED) is 0.882. The lowest BCUT2D eigenvalue weighted by molar-refractivity contribution is 0.0866. The molecule has 1 saturated heterocycles. The van der Waals surface area contributed by atoms with Crippen LogP contribution in [0.15, 0.2) is 30.5 Å². The number of pyridine rings is 1. The molecule has 0 saturated carbocycles. The molecule has 0 amide bonds. The largest absolute Gasteiger partial charge is 0.494 e. The van der Waals surface area contributed by atoms with Crippen LogP contribution < -0.4 is 10.5 Å². The summed E-state index contributed by atoms with van der Waals surface area (Å²) in [5.74, 6) is 1.28. The fraction of sp³-hybridized carbons (Fsp3) is 0.500. The zero-order valence-corrected chi connectivity index (χ0v) is 13.6. The average molecular weight is 315 g/mol. The monoisotopic (exact) mass is 315 g/mol. The molecule has 1 aromatic heterocycles. The summed E-state index contributed by atoms with van der Waals surface area (Å²) < 4.78 is 5.37. The van der Waals surface area contributed by atoms with E-state index in [1.54, 1.807) is 13.3 Å². The van der Waals surface area contributed by atoms with E-state index in [2.05, 4.69) is 9.88 Å². The van der Waals surface area contributed by atoms with Crippen molar-refractivity contribution in [3.8, 4) is 5.75 Å². The fourth-order valence-electron chi connectivity index (χ4n) is 3.48. The minimum atomic E-state index is -0.538. The molecular weight excluding hydrogens is 290 g/mol. The summed E-state index contributed by atoms with van der Waals surface area (Å²) in [5.41, 5.74) is 7.51. The second kappa shape index (κ2) is 7.25. The van der Waals surface area contributed by atoms with E-state index in [0.717, 1.165) is 48.3 Å². The van der Waals surface area contributed by atoms with Gasteiger partial charge in [-0.3, -0.25) is 4.98 Å². The minimum Gasteiger partial charge on any atom is -0.494 e. The Bertz CT molecular complexity index is 662. The van der Waals surface area contributed by atoms with Crippen LogP contribution in [0.2, 0.25) is 0 Å². The highest BCUT2D eigenvalue weighted by molar-refractivity contribution is 5.87. The molecule has 2 unspecified atom stereocenters. The second-order valence-electron chi connectivity index (χ2n) is 6.28. The van der Waals surface area contributed by atoms with Crippen molar-refractivity contribution in [3.63, 3.8) is 0 Å². The maximum atomic E-state index is 10.8. The van der Waals surface area contributed by atoms with Crippen LogP contribution in [0, 0.1) is 5.92 Å². The van der Waals surface area contributed by atoms with Gasteiger partial charge >= 0.3 is 0 Å². The van der Waals surface area contributed by atoms with Gasteiger partial charge in [0.15, 0.2) is 0 Å². The van der Waals surface area contributed by atoms with Gasteiger partial charge < -0.3 is 20.5 Å². The minimum absolute atomic E-state index is 0.538. The SMILES string of the molecule is COc1cccc2c(C(O)CN3CCCC(CN)C3)ccnc12. The summed E-state index contributed by atoms with van der Waals surface area (Å²) >= 11 is 0. The first-order valence-corrected chi connectivity index (χ1v) is 8.25. The van der Waals surface area contributed by atoms with Gasteiger partial charge in [0.2, 0.25) is 0 Å². The lowest BCUT2D eigenvalue weighted by atomic mass is 9.97. The number of hydrogen-bond donors (Lipinski definition) is 2. The molecule has 2 heterocycles. The molecule has 1 aliphatic heterocycles. The van der Waals surface area contributed by atoms with E-state index < -0.39 is 6.10 Å². The molecule has 124 valence electrons. The van der Waals surface area contributed by atoms with Crippen LogP contribution in [0.5, 0.6) is 5.75 Å². The van der Waals surface area contributed by atoms with Gasteiger partial charge in [-0.25, -0.2) is 0 Å². The normalized spacial score (nSPS) is 20.6. The summed E-state index contributed by atoms with van der Waals surface area (Å²) in [6, 6.07) is 7.71. The van der Waals surface area contributed by atoms with Crippen LogP contribution in [-0.4, -0.2) is 48.3 Å². The number of β-amino-alcohol motifs (C(OH)–C–C–N with tert-alkyl or cyclic N) is 1. The Kier molecular flexibility index (Phi) is 5.10. The predicted molar refractivity (Wildman–Crippen MR) is 91.5 cm³/mol. The van der Waals surface area contributed by atoms with Crippen molar-refractivity contribution in [1.82, 2.24) is 9.88 Å². The lowest BCUT2D eigenvalue weighted by Crippen LogP contribution is -2.40. The molecule has 2 aromatic rings. The highest BCUT2D eigenvalue weighted by Gasteiger charge is 2.22. The fourth-order valence-corrected chi connectivity index (χ4v) is 3.48. The Morgan fingerprint density at radius 1 is 1.43 bits per heavy atom. The molecule has 2 atom stereocenters. The summed E-state index contributed by atoms with van der Waals surface area (Å²) in [6.07, 6.45) is 3.55. The number of benzene rings is 1. The average Bonchev–Trinajstić information content (AvgIpc) is 2.60. The van der Waals surface area contributed by atoms with Crippen LogP contribution in [-0.2, 0) is 0 Å². The van der Waals surface area contributed by atoms with Gasteiger partial charge in [0.1, 0.15) is 11.3 Å². The number of hydrogen-bond acceptors (Lipinski definition) is 5. The predicted octanol–water partition coefficient (Wildman–Crippen LogP) is 1.95. The number of methoxy groups -OCH3 is 1. The molecule has 0 spiro atoms. The number of piperidine rings is 1. The number of aromatic nitrogens is 1. The van der Waals surface area contributed by atoms with E-state index in [1.807, 2.05) is 24.3 Å². The number of aliphatic hydroxyl groups excluding tert-OH is 1. The Labute approximate surface area is 137 Å². The van der Waals surface area contributed by atoms with Crippen molar-refractivity contribution in [1.29, 1.82) is 0 Å². The molecule has 3 rings (SSSR count). The van der Waals surface area contributed by atoms with Crippen LogP contribution in [0.25, 0.3) is 10.9 Å². The first kappa shape index (κ1) is 16.2. The lowest BCUT2D eigenvalue weighted by Gasteiger charge is -2.33. The van der Waals surface area contributed by atoms with Crippen LogP contribution in [0.1, 0.15) is 24.5 Å². The number of rotatable bonds is 5. The van der Waals surface area contributed by atoms with Gasteiger partial charge in [-0.2, -0.15) is 0 Å². The highest BCUT2D eigenvalue weighted by atomic mass is 16.5. The number of likely N-dealkylation sites (tertiary alicyclic amines) is 1. The smallest absolute Gasteiger partial charge is 0.145 e. The summed E-state index contributed by atoms with van der Waals surface area (Å²) in [5, 5.41) is 11.7. The van der Waals surface area contributed by atoms with Crippen LogP contribution in [0.3, 0.4) is 0 Å². The van der Waals surface area contributed by atoms with Gasteiger partial charge in [-0.15, -0.1) is 0 Å². The third-order valence-corrected chi connectivity index (χ3v) is 4.71. The molecule has 0 aliphatic carbocycles. The molecule has 23 heavy (non-hydrogen) atoms. The van der Waals surface area contributed by atoms with Crippen molar-refractivity contribution in [2.24, 2.45) is 11.7 Å². The Balaban J connectivity index is 1.82. The molecular formula is C18H25N3O2. The molecule has 5 nitrogen and oxygen atoms in total. The molecule has 1 fully saturated rings. The Hall–Kier alpha value is -1.69. The Morgan fingerprint density at radius 2 is 2.30 bits per heavy atom. The summed E-state index contributed by atoms with van der Waals surface area (Å²) in [7, 11) is 1.64. The topological polar surface area (TPSA) is 71.6 Å². The molecule has 0 bridgehead atoms. The van der Waals surface area contributed by atoms with Gasteiger partial charge in [-0.1, -0.05) is 12.1 Å². The van der Waals surface area contributed by atoms with E-state index in [9.17, 15) is 5.11 Å². The third kappa shape index (κ3) is 3.47. The Morgan fingerprint density at radius 3 is 3.09 bits per heavy atom. The summed E-state index contributed by atoms with van der Waals surface area (Å²) in [6.45, 7) is 3.36. The third-order valence-electron chi connectivity index (χ3n) is 4.71. The molecule has 1 aromatic carbocycles. The van der Waals surface area contributed by atoms with E-state index >= 15 is 0 Å². The van der Waals surface area contributed by atoms with Gasteiger partial charge in [0.05, 0.1) is 13.2 Å². The van der Waals surface area contributed by atoms with E-state index in [4.69, 9.17) is 10.5 Å². The number of ether oxygens (including phenoxy) is 1. The van der Waals surface area contributed by atoms with Crippen molar-refractivity contribution < 1.29 is 9.84 Å². The highest BCUT2D eigenvalue weighted by Crippen LogP contribution is 2.29. The van der Waals surface area contributed by atoms with Crippen molar-refractivity contribution in [2.75, 3.05) is 33.3 Å². The maximum Gasteiger partial charge on any atom is 0.145 e. The van der Waals surface area contributed by atoms with Crippen molar-refractivity contribution >= 4 is 10.9 Å². The van der Waals surface area contributed by atoms with E-state index in [1.165, 1.54) is 6.42 Å². The molecule has 5 heteroatoms. The van der Waals surface area contributed by atoms with Crippen LogP contribution >= 0.6 is 0 Å². The maximum absolute atomic E-state index is 10.8. The zero-order valence-electron chi connectivity index (χ0n) is 13.6. The number of fused-ring (bicyclic) bond motifs is 1. The number of aliphatic hydroxyl groups is 1. The first-order valence-electron chi connectivity index (χ1n) is 8.25. The number of nitrogens with two attached hydrogens (primary N) is 1.